The second-order valence-corrected chi connectivity index (χ2v) is 13.0. The van der Waals surface area contributed by atoms with Crippen LogP contribution >= 0.6 is 0 Å². The van der Waals surface area contributed by atoms with Crippen molar-refractivity contribution < 1.29 is 27.2 Å². The van der Waals surface area contributed by atoms with Crippen LogP contribution in [0.4, 0.5) is 0 Å². The van der Waals surface area contributed by atoms with Gasteiger partial charge in [-0.15, -0.1) is 10.3 Å². The molecule has 9 heteroatoms. The van der Waals surface area contributed by atoms with Crippen LogP contribution < -0.4 is 5.32 Å². The quantitative estimate of drug-likeness (QED) is 0.301. The molecule has 0 aromatic heterocycles. The molecule has 1 aromatic rings. The maximum absolute atomic E-state index is 12.5. The van der Waals surface area contributed by atoms with Gasteiger partial charge < -0.3 is 45.7 Å². The fourth-order valence-corrected chi connectivity index (χ4v) is 3.94. The molecule has 0 fully saturated rings. The molecule has 0 heterocycles. The zero-order valence-electron chi connectivity index (χ0n) is 22.8. The summed E-state index contributed by atoms with van der Waals surface area (Å²) in [5.41, 5.74) is 1.63. The Kier molecular flexibility index (Phi) is 16.4. The normalized spacial score (nSPS) is 12.5. The number of carbonyl (C=O) groups is 1. The van der Waals surface area contributed by atoms with Crippen LogP contribution in [-0.4, -0.2) is 76.6 Å². The number of likely N-dealkylation sites (N-methyl/N-ethyl adjacent to an activating group) is 1. The van der Waals surface area contributed by atoms with E-state index in [0.717, 1.165) is 63.7 Å². The second-order valence-electron chi connectivity index (χ2n) is 10.8. The van der Waals surface area contributed by atoms with Crippen molar-refractivity contribution in [3.8, 4) is 0 Å². The molecule has 0 saturated carbocycles. The zero-order chi connectivity index (χ0) is 27.3. The van der Waals surface area contributed by atoms with Crippen molar-refractivity contribution >= 4 is 31.2 Å². The monoisotopic (exact) mass is 606 g/mol. The van der Waals surface area contributed by atoms with Gasteiger partial charge in [-0.05, 0) is 43.9 Å². The maximum atomic E-state index is 12.5. The number of rotatable bonds is 15. The molecule has 0 atom stereocenters. The molecule has 1 aromatic carbocycles. The number of benzene rings is 1. The summed E-state index contributed by atoms with van der Waals surface area (Å²) >= 11 is 12.1. The number of hydrogen-bond acceptors (Lipinski definition) is 6. The van der Waals surface area contributed by atoms with E-state index in [-0.39, 0.29) is 20.9 Å². The first kappa shape index (κ1) is 34.7. The van der Waals surface area contributed by atoms with Crippen molar-refractivity contribution in [1.82, 2.24) is 15.1 Å². The molecular formula is C26H45N4O2S2Tc+. The second kappa shape index (κ2) is 16.5. The molecule has 0 saturated heterocycles. The number of hydrogen-bond donors (Lipinski definition) is 1. The van der Waals surface area contributed by atoms with Crippen molar-refractivity contribution in [2.75, 3.05) is 45.8 Å². The molecular weight excluding hydrogens is 562 g/mol. The van der Waals surface area contributed by atoms with Crippen LogP contribution in [0.1, 0.15) is 71.3 Å². The Morgan fingerprint density at radius 3 is 1.91 bits per heavy atom. The van der Waals surface area contributed by atoms with Crippen molar-refractivity contribution in [3.05, 3.63) is 40.7 Å². The van der Waals surface area contributed by atoms with E-state index in [0.29, 0.717) is 18.7 Å². The molecule has 199 valence electrons. The average molecular weight is 608 g/mol. The Bertz CT molecular complexity index is 730. The average Bonchev–Trinajstić information content (AvgIpc) is 2.75. The van der Waals surface area contributed by atoms with Crippen LogP contribution in [0.3, 0.4) is 0 Å². The summed E-state index contributed by atoms with van der Waals surface area (Å²) in [7, 11) is 0. The van der Waals surface area contributed by atoms with Crippen molar-refractivity contribution in [2.45, 2.75) is 77.0 Å². The van der Waals surface area contributed by atoms with Crippen LogP contribution in [0.5, 0.6) is 0 Å². The SMILES string of the molecule is CCN(CC)CCNC(=O)c1ccc(CN(CC(C)(C)[S-])CC(C)(C)[N-]CC(C)(C)[S-])cc1.[O]=[Tc+4]. The van der Waals surface area contributed by atoms with E-state index in [1.165, 1.54) is 0 Å². The van der Waals surface area contributed by atoms with Crippen LogP contribution in [-0.2, 0) is 54.2 Å². The van der Waals surface area contributed by atoms with E-state index in [9.17, 15) is 4.79 Å². The van der Waals surface area contributed by atoms with E-state index in [2.05, 4.69) is 56.7 Å². The van der Waals surface area contributed by atoms with Gasteiger partial charge >= 0.3 is 22.4 Å². The summed E-state index contributed by atoms with van der Waals surface area (Å²) < 4.78 is 7.75. The number of amides is 1. The third kappa shape index (κ3) is 17.0. The summed E-state index contributed by atoms with van der Waals surface area (Å²) in [5.74, 6) is -0.0243. The Balaban J connectivity index is 0.00000562. The van der Waals surface area contributed by atoms with Crippen molar-refractivity contribution in [1.29, 1.82) is 0 Å². The van der Waals surface area contributed by atoms with Crippen LogP contribution in [0.2, 0.25) is 0 Å². The van der Waals surface area contributed by atoms with Gasteiger partial charge in [0.25, 0.3) is 5.91 Å². The van der Waals surface area contributed by atoms with Gasteiger partial charge in [-0.3, -0.25) is 4.79 Å². The topological polar surface area (TPSA) is 66.8 Å². The van der Waals surface area contributed by atoms with Gasteiger partial charge in [-0.2, -0.15) is 11.3 Å². The van der Waals surface area contributed by atoms with Gasteiger partial charge in [-0.1, -0.05) is 67.5 Å². The Hall–Kier alpha value is -0.281. The molecule has 1 amide bonds. The van der Waals surface area contributed by atoms with E-state index in [4.69, 9.17) is 34.1 Å². The van der Waals surface area contributed by atoms with Crippen LogP contribution in [0.25, 0.3) is 5.32 Å². The number of carbonyl (C=O) groups excluding carboxylic acids is 1. The molecule has 1 N–H and O–H groups in total. The van der Waals surface area contributed by atoms with Crippen LogP contribution in [0.15, 0.2) is 24.3 Å². The first-order valence-electron chi connectivity index (χ1n) is 12.2. The first-order chi connectivity index (χ1) is 16.1. The summed E-state index contributed by atoms with van der Waals surface area (Å²) in [6.07, 6.45) is 0. The van der Waals surface area contributed by atoms with Crippen molar-refractivity contribution in [2.24, 2.45) is 0 Å². The fourth-order valence-electron chi connectivity index (χ4n) is 3.70. The Morgan fingerprint density at radius 1 is 0.914 bits per heavy atom. The summed E-state index contributed by atoms with van der Waals surface area (Å²) in [6, 6.07) is 7.90. The fraction of sp³-hybridized carbons (Fsp3) is 0.731. The zero-order valence-corrected chi connectivity index (χ0v) is 26.3. The van der Waals surface area contributed by atoms with Gasteiger partial charge in [0.2, 0.25) is 0 Å². The Morgan fingerprint density at radius 2 is 1.46 bits per heavy atom. The summed E-state index contributed by atoms with van der Waals surface area (Å²) in [5, 5.41) is 7.91. The Labute approximate surface area is 236 Å². The molecule has 6 nitrogen and oxygen atoms in total. The van der Waals surface area contributed by atoms with E-state index >= 15 is 0 Å². The molecule has 0 aliphatic rings. The molecule has 0 aliphatic carbocycles. The standard InChI is InChI=1S/C26H47N4OS2.O.Tc/c1-9-29(10-2)16-15-27-23(31)22-13-11-21(12-14-22)17-30(20-26(7,8)33)19-24(3,4)28-18-25(5,6)32;;/h11-14,32-33H,9-10,15-20H2,1-8H3,(H,27,31);;/q-1;;+4/p-2. The number of nitrogens with one attached hydrogen (secondary N) is 1. The minimum atomic E-state index is -0.238. The van der Waals surface area contributed by atoms with E-state index in [1.54, 1.807) is 0 Å². The molecule has 0 unspecified atom stereocenters. The molecule has 0 bridgehead atoms. The summed E-state index contributed by atoms with van der Waals surface area (Å²) in [4.78, 5) is 17.2. The van der Waals surface area contributed by atoms with Crippen LogP contribution in [0, 0.1) is 0 Å². The van der Waals surface area contributed by atoms with E-state index < -0.39 is 0 Å². The van der Waals surface area contributed by atoms with Gasteiger partial charge in [0.15, 0.2) is 0 Å². The number of nitrogens with zero attached hydrogens (tertiary/aromatic N) is 3. The van der Waals surface area contributed by atoms with Gasteiger partial charge in [0, 0.05) is 25.2 Å². The predicted molar refractivity (Wildman–Crippen MR) is 148 cm³/mol. The third-order valence-corrected chi connectivity index (χ3v) is 5.59. The molecule has 0 aliphatic heterocycles. The molecule has 35 heavy (non-hydrogen) atoms. The first-order valence-corrected chi connectivity index (χ1v) is 13.8. The van der Waals surface area contributed by atoms with Crippen molar-refractivity contribution in [3.63, 3.8) is 0 Å². The van der Waals surface area contributed by atoms with Gasteiger partial charge in [0.1, 0.15) is 0 Å². The molecule has 0 radical (unpaired) electrons. The summed E-state index contributed by atoms with van der Waals surface area (Å²) in [6.45, 7) is 23.3. The minimum absolute atomic E-state index is 0.0243. The molecule has 1 rings (SSSR count). The predicted octanol–water partition coefficient (Wildman–Crippen LogP) is 4.24. The van der Waals surface area contributed by atoms with Gasteiger partial charge in [0.05, 0.1) is 0 Å². The van der Waals surface area contributed by atoms with Gasteiger partial charge in [-0.25, -0.2) is 0 Å². The molecule has 0 spiro atoms. The third-order valence-electron chi connectivity index (χ3n) is 5.33. The van der Waals surface area contributed by atoms with E-state index in [1.807, 2.05) is 38.1 Å².